The summed E-state index contributed by atoms with van der Waals surface area (Å²) in [5.41, 5.74) is 2.71. The van der Waals surface area contributed by atoms with Crippen LogP contribution in [0.15, 0.2) is 37.2 Å². The average Bonchev–Trinajstić information content (AvgIpc) is 3.36. The van der Waals surface area contributed by atoms with Crippen LogP contribution >= 0.6 is 0 Å². The minimum absolute atomic E-state index is 0.0616. The van der Waals surface area contributed by atoms with Gasteiger partial charge in [0.25, 0.3) is 11.7 Å². The first-order valence-electron chi connectivity index (χ1n) is 11.0. The zero-order valence-electron chi connectivity index (χ0n) is 18.6. The van der Waals surface area contributed by atoms with Crippen LogP contribution in [0.2, 0.25) is 0 Å². The van der Waals surface area contributed by atoms with Crippen LogP contribution in [0.25, 0.3) is 5.78 Å². The molecule has 1 aliphatic rings. The highest BCUT2D eigenvalue weighted by Gasteiger charge is 2.23. The first-order valence-corrected chi connectivity index (χ1v) is 11.0. The van der Waals surface area contributed by atoms with Crippen molar-refractivity contribution in [3.8, 4) is 0 Å². The van der Waals surface area contributed by atoms with Crippen molar-refractivity contribution in [2.45, 2.75) is 52.0 Å². The van der Waals surface area contributed by atoms with Crippen molar-refractivity contribution < 1.29 is 4.79 Å². The zero-order valence-corrected chi connectivity index (χ0v) is 18.6. The number of hydrogen-bond acceptors (Lipinski definition) is 6. The van der Waals surface area contributed by atoms with Gasteiger partial charge in [-0.15, -0.1) is 0 Å². The van der Waals surface area contributed by atoms with E-state index < -0.39 is 0 Å². The molecule has 1 unspecified atom stereocenters. The summed E-state index contributed by atoms with van der Waals surface area (Å²) in [6.45, 7) is 9.26. The number of pyridine rings is 1. The smallest absolute Gasteiger partial charge is 0.253 e. The summed E-state index contributed by atoms with van der Waals surface area (Å²) in [5.74, 6) is 1.19. The fourth-order valence-electron chi connectivity index (χ4n) is 4.15. The van der Waals surface area contributed by atoms with E-state index in [1.165, 1.54) is 18.3 Å². The maximum atomic E-state index is 12.4. The van der Waals surface area contributed by atoms with E-state index in [1.807, 2.05) is 45.4 Å². The summed E-state index contributed by atoms with van der Waals surface area (Å²) < 4.78 is 1.73. The second-order valence-corrected chi connectivity index (χ2v) is 9.52. The maximum Gasteiger partial charge on any atom is 0.253 e. The van der Waals surface area contributed by atoms with Crippen LogP contribution in [-0.4, -0.2) is 60.5 Å². The lowest BCUT2D eigenvalue weighted by Crippen LogP contribution is -2.40. The molecule has 164 valence electrons. The Kier molecular flexibility index (Phi) is 6.27. The highest BCUT2D eigenvalue weighted by molar-refractivity contribution is 5.94. The van der Waals surface area contributed by atoms with Crippen LogP contribution in [0.5, 0.6) is 0 Å². The molecule has 0 aromatic carbocycles. The minimum Gasteiger partial charge on any atom is -0.347 e. The first-order chi connectivity index (χ1) is 14.9. The molecule has 8 heteroatoms. The molecule has 4 heterocycles. The molecule has 0 aliphatic carbocycles. The lowest BCUT2D eigenvalue weighted by molar-refractivity contribution is 0.0919. The average molecular weight is 422 g/mol. The molecular formula is C23H31N7O. The van der Waals surface area contributed by atoms with Gasteiger partial charge < -0.3 is 10.2 Å². The predicted octanol–water partition coefficient (Wildman–Crippen LogP) is 2.54. The summed E-state index contributed by atoms with van der Waals surface area (Å²) in [4.78, 5) is 27.7. The van der Waals surface area contributed by atoms with Crippen LogP contribution in [0.3, 0.4) is 0 Å². The van der Waals surface area contributed by atoms with Crippen LogP contribution < -0.4 is 5.32 Å². The van der Waals surface area contributed by atoms with E-state index >= 15 is 0 Å². The van der Waals surface area contributed by atoms with Gasteiger partial charge in [0.1, 0.15) is 6.33 Å². The lowest BCUT2D eigenvalue weighted by Gasteiger charge is -2.20. The summed E-state index contributed by atoms with van der Waals surface area (Å²) in [6, 6.07) is 1.99. The Labute approximate surface area is 183 Å². The molecule has 1 N–H and O–H groups in total. The molecule has 0 bridgehead atoms. The number of rotatable bonds is 7. The van der Waals surface area contributed by atoms with E-state index in [2.05, 4.69) is 30.3 Å². The number of amides is 1. The van der Waals surface area contributed by atoms with Crippen LogP contribution in [0.1, 0.15) is 55.1 Å². The summed E-state index contributed by atoms with van der Waals surface area (Å²) in [6.07, 6.45) is 13.2. The van der Waals surface area contributed by atoms with Crippen molar-refractivity contribution in [3.63, 3.8) is 0 Å². The Morgan fingerprint density at radius 3 is 2.90 bits per heavy atom. The number of aromatic nitrogens is 5. The van der Waals surface area contributed by atoms with Crippen molar-refractivity contribution in [2.75, 3.05) is 19.6 Å². The van der Waals surface area contributed by atoms with Gasteiger partial charge in [0.15, 0.2) is 0 Å². The molecule has 1 aliphatic heterocycles. The van der Waals surface area contributed by atoms with Gasteiger partial charge in [-0.05, 0) is 82.7 Å². The SMILES string of the molecule is CC(C)(C)NC(=O)c1cncc(CC2CCN(CCCc3cnc4ncnn4c3)C2)c1. The van der Waals surface area contributed by atoms with Gasteiger partial charge >= 0.3 is 0 Å². The fourth-order valence-corrected chi connectivity index (χ4v) is 4.15. The van der Waals surface area contributed by atoms with Crippen molar-refractivity contribution in [1.82, 2.24) is 34.8 Å². The Balaban J connectivity index is 1.24. The largest absolute Gasteiger partial charge is 0.347 e. The number of hydrogen-bond donors (Lipinski definition) is 1. The van der Waals surface area contributed by atoms with Crippen molar-refractivity contribution in [3.05, 3.63) is 53.9 Å². The number of nitrogens with zero attached hydrogens (tertiary/aromatic N) is 6. The van der Waals surface area contributed by atoms with E-state index in [9.17, 15) is 4.79 Å². The Morgan fingerprint density at radius 1 is 1.19 bits per heavy atom. The molecule has 3 aromatic heterocycles. The molecule has 1 saturated heterocycles. The van der Waals surface area contributed by atoms with Gasteiger partial charge in [-0.3, -0.25) is 9.78 Å². The first kappa shape index (κ1) is 21.4. The highest BCUT2D eigenvalue weighted by Crippen LogP contribution is 2.21. The Morgan fingerprint density at radius 2 is 2.06 bits per heavy atom. The third kappa shape index (κ3) is 5.85. The molecule has 0 spiro atoms. The Bertz CT molecular complexity index is 1040. The molecule has 1 amide bonds. The summed E-state index contributed by atoms with van der Waals surface area (Å²) in [7, 11) is 0. The molecule has 3 aromatic rings. The van der Waals surface area contributed by atoms with Gasteiger partial charge in [-0.25, -0.2) is 9.50 Å². The number of carbonyl (C=O) groups is 1. The molecule has 31 heavy (non-hydrogen) atoms. The highest BCUT2D eigenvalue weighted by atomic mass is 16.1. The molecule has 1 atom stereocenters. The molecule has 4 rings (SSSR count). The third-order valence-electron chi connectivity index (χ3n) is 5.57. The van der Waals surface area contributed by atoms with Crippen molar-refractivity contribution >= 4 is 11.7 Å². The minimum atomic E-state index is -0.254. The number of likely N-dealkylation sites (tertiary alicyclic amines) is 1. The van der Waals surface area contributed by atoms with Gasteiger partial charge in [-0.1, -0.05) is 0 Å². The monoisotopic (exact) mass is 421 g/mol. The molecule has 0 radical (unpaired) electrons. The summed E-state index contributed by atoms with van der Waals surface area (Å²) in [5, 5.41) is 7.16. The van der Waals surface area contributed by atoms with Gasteiger partial charge in [0, 0.05) is 36.9 Å². The molecule has 1 fully saturated rings. The van der Waals surface area contributed by atoms with E-state index in [0.29, 0.717) is 17.3 Å². The van der Waals surface area contributed by atoms with Gasteiger partial charge in [0.05, 0.1) is 5.56 Å². The normalized spacial score (nSPS) is 17.3. The van der Waals surface area contributed by atoms with Gasteiger partial charge in [0.2, 0.25) is 0 Å². The molecular weight excluding hydrogens is 390 g/mol. The molecule has 8 nitrogen and oxygen atoms in total. The quantitative estimate of drug-likeness (QED) is 0.631. The van der Waals surface area contributed by atoms with Crippen molar-refractivity contribution in [1.29, 1.82) is 0 Å². The fraction of sp³-hybridized carbons (Fsp3) is 0.522. The van der Waals surface area contributed by atoms with Crippen LogP contribution in [-0.2, 0) is 12.8 Å². The van der Waals surface area contributed by atoms with Crippen LogP contribution in [0.4, 0.5) is 0 Å². The van der Waals surface area contributed by atoms with Gasteiger partial charge in [-0.2, -0.15) is 10.1 Å². The van der Waals surface area contributed by atoms with Crippen molar-refractivity contribution in [2.24, 2.45) is 5.92 Å². The van der Waals surface area contributed by atoms with E-state index in [0.717, 1.165) is 44.5 Å². The topological polar surface area (TPSA) is 88.3 Å². The van der Waals surface area contributed by atoms with E-state index in [1.54, 1.807) is 10.7 Å². The number of nitrogens with one attached hydrogen (secondary N) is 1. The van der Waals surface area contributed by atoms with E-state index in [-0.39, 0.29) is 11.4 Å². The Hall–Kier alpha value is -2.87. The third-order valence-corrected chi connectivity index (χ3v) is 5.57. The number of aryl methyl sites for hydroxylation is 1. The molecule has 0 saturated carbocycles. The number of fused-ring (bicyclic) bond motifs is 1. The zero-order chi connectivity index (χ0) is 21.8. The second kappa shape index (κ2) is 9.09. The summed E-state index contributed by atoms with van der Waals surface area (Å²) >= 11 is 0. The number of carbonyl (C=O) groups excluding carboxylic acids is 1. The van der Waals surface area contributed by atoms with Crippen LogP contribution in [0, 0.1) is 5.92 Å². The maximum absolute atomic E-state index is 12.4. The van der Waals surface area contributed by atoms with E-state index in [4.69, 9.17) is 0 Å². The predicted molar refractivity (Wildman–Crippen MR) is 119 cm³/mol. The second-order valence-electron chi connectivity index (χ2n) is 9.52. The standard InChI is InChI=1S/C23H31N7O/c1-23(2,3)28-21(31)20-10-19(11-24-13-20)9-17-6-8-29(14-17)7-4-5-18-12-25-22-26-16-27-30(22)15-18/h10-13,15-17H,4-9,14H2,1-3H3,(H,28,31). The lowest BCUT2D eigenvalue weighted by atomic mass is 9.98.